The van der Waals surface area contributed by atoms with Crippen LogP contribution in [0, 0.1) is 5.92 Å². The Morgan fingerprint density at radius 1 is 1.13 bits per heavy atom. The fraction of sp³-hybridized carbons (Fsp3) is 1.00. The molecule has 0 aromatic heterocycles. The predicted molar refractivity (Wildman–Crippen MR) is 69.3 cm³/mol. The highest BCUT2D eigenvalue weighted by Crippen LogP contribution is 2.21. The van der Waals surface area contributed by atoms with E-state index in [4.69, 9.17) is 0 Å². The number of likely N-dealkylation sites (N-methyl/N-ethyl adjacent to an activating group) is 2. The van der Waals surface area contributed by atoms with Crippen molar-refractivity contribution in [3.63, 3.8) is 0 Å². The number of hydrogen-bond donors (Lipinski definition) is 1. The molecule has 0 radical (unpaired) electrons. The van der Waals surface area contributed by atoms with E-state index in [1.165, 1.54) is 12.8 Å². The van der Waals surface area contributed by atoms with Gasteiger partial charge in [0, 0.05) is 11.6 Å². The zero-order valence-electron chi connectivity index (χ0n) is 11.7. The summed E-state index contributed by atoms with van der Waals surface area (Å²) in [6.45, 7) is 12.5. The normalized spacial score (nSPS) is 15.0. The van der Waals surface area contributed by atoms with Crippen LogP contribution in [0.4, 0.5) is 0 Å². The van der Waals surface area contributed by atoms with Gasteiger partial charge in [-0.2, -0.15) is 0 Å². The van der Waals surface area contributed by atoms with Crippen molar-refractivity contribution < 1.29 is 0 Å². The number of hydrogen-bond acceptors (Lipinski definition) is 2. The smallest absolute Gasteiger partial charge is 0.0300 e. The van der Waals surface area contributed by atoms with Crippen molar-refractivity contribution in [2.45, 2.75) is 59.0 Å². The Balaban J connectivity index is 4.36. The molecule has 92 valence electrons. The Morgan fingerprint density at radius 3 is 2.00 bits per heavy atom. The molecule has 0 spiro atoms. The fourth-order valence-electron chi connectivity index (χ4n) is 1.76. The Bertz CT molecular complexity index is 162. The summed E-state index contributed by atoms with van der Waals surface area (Å²) in [6.07, 6.45) is 2.56. The predicted octanol–water partition coefficient (Wildman–Crippen LogP) is 2.74. The Labute approximate surface area is 96.4 Å². The lowest BCUT2D eigenvalue weighted by molar-refractivity contribution is 0.129. The van der Waals surface area contributed by atoms with E-state index in [0.717, 1.165) is 12.5 Å². The van der Waals surface area contributed by atoms with Gasteiger partial charge in [0.1, 0.15) is 0 Å². The zero-order valence-corrected chi connectivity index (χ0v) is 11.7. The first-order chi connectivity index (χ1) is 6.82. The van der Waals surface area contributed by atoms with Crippen molar-refractivity contribution >= 4 is 0 Å². The minimum Gasteiger partial charge on any atom is -0.312 e. The molecule has 0 aromatic carbocycles. The van der Waals surface area contributed by atoms with E-state index in [0.29, 0.717) is 6.04 Å². The number of nitrogens with one attached hydrogen (secondary N) is 1. The molecule has 0 aliphatic carbocycles. The highest BCUT2D eigenvalue weighted by atomic mass is 15.2. The van der Waals surface area contributed by atoms with Gasteiger partial charge in [0.15, 0.2) is 0 Å². The first kappa shape index (κ1) is 14.9. The molecule has 0 amide bonds. The molecule has 0 aliphatic rings. The summed E-state index contributed by atoms with van der Waals surface area (Å²) in [6, 6.07) is 0.583. The third-order valence-corrected chi connectivity index (χ3v) is 3.49. The van der Waals surface area contributed by atoms with E-state index >= 15 is 0 Å². The average Bonchev–Trinajstić information content (AvgIpc) is 2.11. The van der Waals surface area contributed by atoms with Crippen LogP contribution in [0.25, 0.3) is 0 Å². The van der Waals surface area contributed by atoms with E-state index in [-0.39, 0.29) is 5.54 Å². The Kier molecular flexibility index (Phi) is 6.46. The van der Waals surface area contributed by atoms with E-state index in [2.05, 4.69) is 58.9 Å². The second-order valence-electron chi connectivity index (χ2n) is 5.63. The summed E-state index contributed by atoms with van der Waals surface area (Å²) >= 11 is 0. The first-order valence-electron chi connectivity index (χ1n) is 6.23. The molecule has 0 heterocycles. The highest BCUT2D eigenvalue weighted by Gasteiger charge is 2.30. The van der Waals surface area contributed by atoms with Crippen molar-refractivity contribution in [3.05, 3.63) is 0 Å². The maximum Gasteiger partial charge on any atom is 0.0300 e. The molecule has 15 heavy (non-hydrogen) atoms. The van der Waals surface area contributed by atoms with Crippen LogP contribution in [0.1, 0.15) is 47.5 Å². The number of nitrogens with zero attached hydrogens (tertiary/aromatic N) is 1. The summed E-state index contributed by atoms with van der Waals surface area (Å²) in [5.74, 6) is 0.795. The summed E-state index contributed by atoms with van der Waals surface area (Å²) in [5.41, 5.74) is 0.227. The van der Waals surface area contributed by atoms with Crippen LogP contribution in [0.15, 0.2) is 0 Å². The van der Waals surface area contributed by atoms with Gasteiger partial charge in [0.2, 0.25) is 0 Å². The molecule has 1 unspecified atom stereocenters. The average molecular weight is 214 g/mol. The summed E-state index contributed by atoms with van der Waals surface area (Å²) in [4.78, 5) is 2.32. The molecule has 0 aliphatic heterocycles. The fourth-order valence-corrected chi connectivity index (χ4v) is 1.76. The van der Waals surface area contributed by atoms with Crippen LogP contribution < -0.4 is 5.32 Å². The van der Waals surface area contributed by atoms with Crippen molar-refractivity contribution in [2.24, 2.45) is 5.92 Å². The second kappa shape index (κ2) is 6.49. The molecule has 0 saturated heterocycles. The van der Waals surface area contributed by atoms with Crippen LogP contribution in [-0.4, -0.2) is 37.1 Å². The Morgan fingerprint density at radius 2 is 1.67 bits per heavy atom. The monoisotopic (exact) mass is 214 g/mol. The van der Waals surface area contributed by atoms with Crippen LogP contribution in [-0.2, 0) is 0 Å². The standard InChI is InChI=1S/C13H30N2/c1-8-14-12(10-9-11(2)3)13(4,5)15(6)7/h11-12,14H,8-10H2,1-7H3. The molecule has 1 N–H and O–H groups in total. The van der Waals surface area contributed by atoms with Crippen molar-refractivity contribution in [1.82, 2.24) is 10.2 Å². The van der Waals surface area contributed by atoms with Crippen LogP contribution >= 0.6 is 0 Å². The third kappa shape index (κ3) is 4.98. The molecular formula is C13H30N2. The van der Waals surface area contributed by atoms with Crippen LogP contribution in [0.2, 0.25) is 0 Å². The lowest BCUT2D eigenvalue weighted by Gasteiger charge is -2.41. The van der Waals surface area contributed by atoms with Gasteiger partial charge in [-0.05, 0) is 53.2 Å². The van der Waals surface area contributed by atoms with Gasteiger partial charge < -0.3 is 10.2 Å². The molecule has 0 bridgehead atoms. The van der Waals surface area contributed by atoms with Gasteiger partial charge in [-0.25, -0.2) is 0 Å². The molecule has 0 aromatic rings. The largest absolute Gasteiger partial charge is 0.312 e. The highest BCUT2D eigenvalue weighted by molar-refractivity contribution is 4.91. The molecule has 2 nitrogen and oxygen atoms in total. The van der Waals surface area contributed by atoms with Crippen molar-refractivity contribution in [2.75, 3.05) is 20.6 Å². The quantitative estimate of drug-likeness (QED) is 0.701. The minimum atomic E-state index is 0.227. The lowest BCUT2D eigenvalue weighted by Crippen LogP contribution is -2.55. The van der Waals surface area contributed by atoms with Gasteiger partial charge in [0.25, 0.3) is 0 Å². The van der Waals surface area contributed by atoms with E-state index < -0.39 is 0 Å². The summed E-state index contributed by atoms with van der Waals surface area (Å²) in [7, 11) is 4.33. The molecular weight excluding hydrogens is 184 g/mol. The SMILES string of the molecule is CCNC(CCC(C)C)C(C)(C)N(C)C. The van der Waals surface area contributed by atoms with Gasteiger partial charge in [-0.1, -0.05) is 20.8 Å². The Hall–Kier alpha value is -0.0800. The summed E-state index contributed by atoms with van der Waals surface area (Å²) in [5, 5.41) is 3.62. The van der Waals surface area contributed by atoms with E-state index in [9.17, 15) is 0 Å². The van der Waals surface area contributed by atoms with E-state index in [1.54, 1.807) is 0 Å². The van der Waals surface area contributed by atoms with Gasteiger partial charge in [-0.15, -0.1) is 0 Å². The van der Waals surface area contributed by atoms with Gasteiger partial charge >= 0.3 is 0 Å². The van der Waals surface area contributed by atoms with Crippen LogP contribution in [0.3, 0.4) is 0 Å². The van der Waals surface area contributed by atoms with Gasteiger partial charge in [0.05, 0.1) is 0 Å². The zero-order chi connectivity index (χ0) is 12.1. The lowest BCUT2D eigenvalue weighted by atomic mass is 9.87. The van der Waals surface area contributed by atoms with Crippen molar-refractivity contribution in [1.29, 1.82) is 0 Å². The molecule has 0 saturated carbocycles. The molecule has 0 fully saturated rings. The first-order valence-corrected chi connectivity index (χ1v) is 6.23. The maximum atomic E-state index is 3.62. The maximum absolute atomic E-state index is 3.62. The van der Waals surface area contributed by atoms with E-state index in [1.807, 2.05) is 0 Å². The molecule has 0 rings (SSSR count). The minimum absolute atomic E-state index is 0.227. The van der Waals surface area contributed by atoms with Gasteiger partial charge in [-0.3, -0.25) is 0 Å². The molecule has 1 atom stereocenters. The van der Waals surface area contributed by atoms with Crippen LogP contribution in [0.5, 0.6) is 0 Å². The van der Waals surface area contributed by atoms with Crippen molar-refractivity contribution in [3.8, 4) is 0 Å². The third-order valence-electron chi connectivity index (χ3n) is 3.49. The second-order valence-corrected chi connectivity index (χ2v) is 5.63. The number of rotatable bonds is 7. The summed E-state index contributed by atoms with van der Waals surface area (Å²) < 4.78 is 0. The topological polar surface area (TPSA) is 15.3 Å². The molecule has 2 heteroatoms.